The summed E-state index contributed by atoms with van der Waals surface area (Å²) in [5.74, 6) is 0.829. The van der Waals surface area contributed by atoms with Gasteiger partial charge in [0.15, 0.2) is 0 Å². The largest absolute Gasteiger partial charge is 0.494 e. The zero-order chi connectivity index (χ0) is 14.0. The highest BCUT2D eigenvalue weighted by Crippen LogP contribution is 2.29. The lowest BCUT2D eigenvalue weighted by Crippen LogP contribution is -1.99. The SMILES string of the molecule is C=C(CC)OCc1cc(Br)c2ccn(C(C)C)c2c1. The van der Waals surface area contributed by atoms with Gasteiger partial charge in [0.2, 0.25) is 0 Å². The summed E-state index contributed by atoms with van der Waals surface area (Å²) in [6, 6.07) is 6.92. The van der Waals surface area contributed by atoms with Gasteiger partial charge in [-0.2, -0.15) is 0 Å². The van der Waals surface area contributed by atoms with E-state index in [0.717, 1.165) is 22.2 Å². The third-order valence-corrected chi connectivity index (χ3v) is 3.90. The third-order valence-electron chi connectivity index (χ3n) is 3.24. The molecule has 3 heteroatoms. The summed E-state index contributed by atoms with van der Waals surface area (Å²) < 4.78 is 9.03. The molecule has 0 aliphatic rings. The minimum atomic E-state index is 0.450. The van der Waals surface area contributed by atoms with E-state index < -0.39 is 0 Å². The van der Waals surface area contributed by atoms with Gasteiger partial charge in [-0.15, -0.1) is 0 Å². The molecule has 0 saturated heterocycles. The molecule has 2 rings (SSSR count). The number of ether oxygens (including phenoxy) is 1. The van der Waals surface area contributed by atoms with Crippen molar-refractivity contribution in [1.82, 2.24) is 4.57 Å². The maximum atomic E-state index is 5.63. The highest BCUT2D eigenvalue weighted by Gasteiger charge is 2.09. The van der Waals surface area contributed by atoms with Gasteiger partial charge in [-0.3, -0.25) is 0 Å². The number of aromatic nitrogens is 1. The first-order chi connectivity index (χ1) is 9.02. The van der Waals surface area contributed by atoms with Crippen molar-refractivity contribution < 1.29 is 4.74 Å². The fourth-order valence-electron chi connectivity index (χ4n) is 2.09. The number of allylic oxidation sites excluding steroid dienone is 1. The Morgan fingerprint density at radius 3 is 2.79 bits per heavy atom. The first-order valence-electron chi connectivity index (χ1n) is 6.62. The average Bonchev–Trinajstić information content (AvgIpc) is 2.80. The van der Waals surface area contributed by atoms with Crippen molar-refractivity contribution in [2.45, 2.75) is 39.8 Å². The molecular weight excluding hydrogens is 302 g/mol. The van der Waals surface area contributed by atoms with Gasteiger partial charge in [-0.1, -0.05) is 29.4 Å². The molecule has 2 nitrogen and oxygen atoms in total. The molecule has 0 spiro atoms. The number of halogens is 1. The number of fused-ring (bicyclic) bond motifs is 1. The van der Waals surface area contributed by atoms with Crippen LogP contribution in [0, 0.1) is 0 Å². The molecule has 0 bridgehead atoms. The minimum absolute atomic E-state index is 0.450. The van der Waals surface area contributed by atoms with Crippen LogP contribution in [0.1, 0.15) is 38.8 Å². The van der Waals surface area contributed by atoms with E-state index in [1.165, 1.54) is 10.9 Å². The summed E-state index contributed by atoms with van der Waals surface area (Å²) >= 11 is 3.64. The summed E-state index contributed by atoms with van der Waals surface area (Å²) in [6.45, 7) is 10.9. The van der Waals surface area contributed by atoms with Crippen LogP contribution in [0.25, 0.3) is 10.9 Å². The van der Waals surface area contributed by atoms with Crippen LogP contribution in [0.5, 0.6) is 0 Å². The van der Waals surface area contributed by atoms with Gasteiger partial charge in [-0.05, 0) is 37.6 Å². The highest BCUT2D eigenvalue weighted by molar-refractivity contribution is 9.10. The van der Waals surface area contributed by atoms with E-state index in [-0.39, 0.29) is 0 Å². The Kier molecular flexibility index (Phi) is 4.35. The maximum Gasteiger partial charge on any atom is 0.113 e. The highest BCUT2D eigenvalue weighted by atomic mass is 79.9. The van der Waals surface area contributed by atoms with Crippen molar-refractivity contribution in [3.05, 3.63) is 46.8 Å². The second kappa shape index (κ2) is 5.83. The number of nitrogens with zero attached hydrogens (tertiary/aromatic N) is 1. The lowest BCUT2D eigenvalue weighted by atomic mass is 10.1. The van der Waals surface area contributed by atoms with E-state index in [0.29, 0.717) is 12.6 Å². The molecule has 1 heterocycles. The third kappa shape index (κ3) is 3.03. The normalized spacial score (nSPS) is 11.2. The van der Waals surface area contributed by atoms with Crippen LogP contribution in [0.3, 0.4) is 0 Å². The molecule has 0 aliphatic carbocycles. The second-order valence-corrected chi connectivity index (χ2v) is 5.86. The monoisotopic (exact) mass is 321 g/mol. The Morgan fingerprint density at radius 1 is 1.42 bits per heavy atom. The zero-order valence-corrected chi connectivity index (χ0v) is 13.3. The molecule has 0 amide bonds. The van der Waals surface area contributed by atoms with E-state index in [4.69, 9.17) is 4.74 Å². The van der Waals surface area contributed by atoms with Crippen LogP contribution in [0.4, 0.5) is 0 Å². The molecule has 0 unspecified atom stereocenters. The fourth-order valence-corrected chi connectivity index (χ4v) is 2.72. The molecule has 1 aromatic heterocycles. The zero-order valence-electron chi connectivity index (χ0n) is 11.7. The Balaban J connectivity index is 2.36. The first kappa shape index (κ1) is 14.2. The van der Waals surface area contributed by atoms with E-state index in [1.807, 2.05) is 6.92 Å². The van der Waals surface area contributed by atoms with E-state index in [2.05, 4.69) is 65.3 Å². The van der Waals surface area contributed by atoms with Crippen molar-refractivity contribution in [3.8, 4) is 0 Å². The predicted octanol–water partition coefficient (Wildman–Crippen LogP) is 5.43. The van der Waals surface area contributed by atoms with Crippen molar-refractivity contribution in [3.63, 3.8) is 0 Å². The van der Waals surface area contributed by atoms with E-state index >= 15 is 0 Å². The van der Waals surface area contributed by atoms with Gasteiger partial charge in [-0.25, -0.2) is 0 Å². The summed E-state index contributed by atoms with van der Waals surface area (Å²) in [6.07, 6.45) is 2.99. The molecule has 19 heavy (non-hydrogen) atoms. The Labute approximate surface area is 123 Å². The Hall–Kier alpha value is -1.22. The van der Waals surface area contributed by atoms with Crippen molar-refractivity contribution in [2.24, 2.45) is 0 Å². The van der Waals surface area contributed by atoms with Crippen molar-refractivity contribution >= 4 is 26.8 Å². The smallest absolute Gasteiger partial charge is 0.113 e. The van der Waals surface area contributed by atoms with E-state index in [9.17, 15) is 0 Å². The molecule has 0 saturated carbocycles. The number of hydrogen-bond donors (Lipinski definition) is 0. The van der Waals surface area contributed by atoms with Crippen LogP contribution in [-0.4, -0.2) is 4.57 Å². The van der Waals surface area contributed by atoms with Crippen LogP contribution < -0.4 is 0 Å². The summed E-state index contributed by atoms with van der Waals surface area (Å²) in [5, 5.41) is 1.24. The first-order valence-corrected chi connectivity index (χ1v) is 7.41. The lowest BCUT2D eigenvalue weighted by Gasteiger charge is -2.12. The van der Waals surface area contributed by atoms with Crippen LogP contribution >= 0.6 is 15.9 Å². The molecule has 2 aromatic rings. The van der Waals surface area contributed by atoms with E-state index in [1.54, 1.807) is 0 Å². The standard InChI is InChI=1S/C16H20BrNO/c1-5-12(4)19-10-13-8-15(17)14-6-7-18(11(2)3)16(14)9-13/h6-9,11H,4-5,10H2,1-3H3. The van der Waals surface area contributed by atoms with Crippen molar-refractivity contribution in [2.75, 3.05) is 0 Å². The maximum absolute atomic E-state index is 5.63. The Morgan fingerprint density at radius 2 is 2.16 bits per heavy atom. The summed E-state index contributed by atoms with van der Waals surface area (Å²) in [4.78, 5) is 0. The molecule has 1 aromatic carbocycles. The molecule has 0 atom stereocenters. The van der Waals surface area contributed by atoms with Gasteiger partial charge in [0.1, 0.15) is 6.61 Å². The predicted molar refractivity (Wildman–Crippen MR) is 84.2 cm³/mol. The topological polar surface area (TPSA) is 14.2 Å². The van der Waals surface area contributed by atoms with Crippen LogP contribution in [0.2, 0.25) is 0 Å². The van der Waals surface area contributed by atoms with Crippen LogP contribution in [0.15, 0.2) is 41.2 Å². The number of hydrogen-bond acceptors (Lipinski definition) is 1. The van der Waals surface area contributed by atoms with Gasteiger partial charge < -0.3 is 9.30 Å². The summed E-state index contributed by atoms with van der Waals surface area (Å²) in [5.41, 5.74) is 2.40. The molecule has 0 aliphatic heterocycles. The van der Waals surface area contributed by atoms with Gasteiger partial charge in [0.05, 0.1) is 5.76 Å². The molecule has 0 radical (unpaired) electrons. The molecule has 102 valence electrons. The second-order valence-electron chi connectivity index (χ2n) is 5.01. The minimum Gasteiger partial charge on any atom is -0.494 e. The quantitative estimate of drug-likeness (QED) is 0.670. The van der Waals surface area contributed by atoms with Crippen molar-refractivity contribution in [1.29, 1.82) is 0 Å². The van der Waals surface area contributed by atoms with Gasteiger partial charge >= 0.3 is 0 Å². The average molecular weight is 322 g/mol. The number of benzene rings is 1. The Bertz CT molecular complexity index is 598. The van der Waals surface area contributed by atoms with Gasteiger partial charge in [0, 0.05) is 34.0 Å². The number of rotatable bonds is 5. The summed E-state index contributed by atoms with van der Waals surface area (Å²) in [7, 11) is 0. The molecule has 0 N–H and O–H groups in total. The fraction of sp³-hybridized carbons (Fsp3) is 0.375. The van der Waals surface area contributed by atoms with Crippen LogP contribution in [-0.2, 0) is 11.3 Å². The molecular formula is C16H20BrNO. The van der Waals surface area contributed by atoms with Gasteiger partial charge in [0.25, 0.3) is 0 Å². The lowest BCUT2D eigenvalue weighted by molar-refractivity contribution is 0.193. The molecule has 0 fully saturated rings.